The number of piperidine rings is 1. The van der Waals surface area contributed by atoms with Crippen molar-refractivity contribution in [3.8, 4) is 0 Å². The molecule has 1 aliphatic carbocycles. The third kappa shape index (κ3) is 4.08. The van der Waals surface area contributed by atoms with E-state index in [2.05, 4.69) is 54.4 Å². The van der Waals surface area contributed by atoms with Gasteiger partial charge in [-0.2, -0.15) is 0 Å². The van der Waals surface area contributed by atoms with E-state index in [1.807, 2.05) is 0 Å². The van der Waals surface area contributed by atoms with E-state index < -0.39 is 0 Å². The van der Waals surface area contributed by atoms with E-state index >= 15 is 0 Å². The summed E-state index contributed by atoms with van der Waals surface area (Å²) in [5, 5.41) is 3.77. The van der Waals surface area contributed by atoms with Crippen LogP contribution >= 0.6 is 0 Å². The normalized spacial score (nSPS) is 27.2. The molecule has 0 amide bonds. The van der Waals surface area contributed by atoms with Crippen LogP contribution in [-0.2, 0) is 0 Å². The number of hydrogen-bond donors (Lipinski definition) is 1. The van der Waals surface area contributed by atoms with Gasteiger partial charge in [0.15, 0.2) is 0 Å². The molecule has 1 N–H and O–H groups in total. The second-order valence-corrected chi connectivity index (χ2v) is 7.18. The van der Waals surface area contributed by atoms with Gasteiger partial charge in [-0.25, -0.2) is 0 Å². The molecule has 3 rings (SSSR count). The second-order valence-electron chi connectivity index (χ2n) is 7.18. The minimum absolute atomic E-state index is 0.724. The molecule has 2 nitrogen and oxygen atoms in total. The van der Waals surface area contributed by atoms with Crippen molar-refractivity contribution < 1.29 is 0 Å². The number of rotatable bonds is 6. The van der Waals surface area contributed by atoms with Crippen LogP contribution in [0.15, 0.2) is 30.3 Å². The molecule has 1 saturated carbocycles. The Morgan fingerprint density at radius 1 is 1.14 bits per heavy atom. The molecule has 0 unspecified atom stereocenters. The highest BCUT2D eigenvalue weighted by molar-refractivity contribution is 5.27. The van der Waals surface area contributed by atoms with E-state index in [0.717, 1.165) is 23.9 Å². The first-order valence-corrected chi connectivity index (χ1v) is 8.76. The van der Waals surface area contributed by atoms with Crippen molar-refractivity contribution >= 4 is 0 Å². The average Bonchev–Trinajstić information content (AvgIpc) is 3.28. The zero-order valence-corrected chi connectivity index (χ0v) is 13.6. The molecule has 1 aromatic rings. The van der Waals surface area contributed by atoms with Gasteiger partial charge >= 0.3 is 0 Å². The Morgan fingerprint density at radius 2 is 1.86 bits per heavy atom. The van der Waals surface area contributed by atoms with Gasteiger partial charge in [-0.15, -0.1) is 0 Å². The maximum Gasteiger partial charge on any atom is 0.0143 e. The summed E-state index contributed by atoms with van der Waals surface area (Å²) in [6.07, 6.45) is 5.49. The minimum Gasteiger partial charge on any atom is -0.313 e. The Balaban J connectivity index is 1.32. The van der Waals surface area contributed by atoms with Crippen LogP contribution < -0.4 is 5.32 Å². The lowest BCUT2D eigenvalue weighted by Gasteiger charge is -2.34. The second kappa shape index (κ2) is 6.93. The summed E-state index contributed by atoms with van der Waals surface area (Å²) in [7, 11) is 0. The van der Waals surface area contributed by atoms with Crippen LogP contribution in [0.2, 0.25) is 0 Å². The van der Waals surface area contributed by atoms with Crippen LogP contribution in [0.25, 0.3) is 0 Å². The molecule has 2 heteroatoms. The van der Waals surface area contributed by atoms with Crippen LogP contribution in [0.5, 0.6) is 0 Å². The largest absolute Gasteiger partial charge is 0.313 e. The highest BCUT2D eigenvalue weighted by atomic mass is 15.1. The van der Waals surface area contributed by atoms with Gasteiger partial charge in [0.2, 0.25) is 0 Å². The van der Waals surface area contributed by atoms with Gasteiger partial charge in [0.1, 0.15) is 0 Å². The van der Waals surface area contributed by atoms with Crippen molar-refractivity contribution in [2.75, 3.05) is 19.6 Å². The van der Waals surface area contributed by atoms with Crippen molar-refractivity contribution in [3.63, 3.8) is 0 Å². The monoisotopic (exact) mass is 286 g/mol. The first-order valence-electron chi connectivity index (χ1n) is 8.76. The summed E-state index contributed by atoms with van der Waals surface area (Å²) in [6.45, 7) is 8.45. The highest BCUT2D eigenvalue weighted by Gasteiger charge is 2.37. The van der Waals surface area contributed by atoms with E-state index in [-0.39, 0.29) is 0 Å². The van der Waals surface area contributed by atoms with Gasteiger partial charge in [0.25, 0.3) is 0 Å². The first kappa shape index (κ1) is 15.1. The summed E-state index contributed by atoms with van der Waals surface area (Å²) in [6, 6.07) is 12.4. The topological polar surface area (TPSA) is 15.3 Å². The smallest absolute Gasteiger partial charge is 0.0143 e. The summed E-state index contributed by atoms with van der Waals surface area (Å²) in [5.74, 6) is 1.72. The molecule has 0 spiro atoms. The Labute approximate surface area is 129 Å². The van der Waals surface area contributed by atoms with Gasteiger partial charge in [-0.05, 0) is 70.6 Å². The summed E-state index contributed by atoms with van der Waals surface area (Å²) in [5.41, 5.74) is 1.51. The molecule has 0 bridgehead atoms. The lowest BCUT2D eigenvalue weighted by atomic mass is 9.93. The van der Waals surface area contributed by atoms with Crippen molar-refractivity contribution in [2.24, 2.45) is 5.92 Å². The van der Waals surface area contributed by atoms with Gasteiger partial charge in [0, 0.05) is 18.0 Å². The van der Waals surface area contributed by atoms with Gasteiger partial charge in [-0.3, -0.25) is 0 Å². The molecule has 2 fully saturated rings. The fraction of sp³-hybridized carbons (Fsp3) is 0.684. The molecular formula is C19H30N2. The Hall–Kier alpha value is -0.860. The molecule has 116 valence electrons. The summed E-state index contributed by atoms with van der Waals surface area (Å²) >= 11 is 0. The molecule has 2 aliphatic rings. The maximum atomic E-state index is 3.77. The van der Waals surface area contributed by atoms with Crippen molar-refractivity contribution in [2.45, 2.75) is 57.5 Å². The van der Waals surface area contributed by atoms with Gasteiger partial charge < -0.3 is 10.2 Å². The van der Waals surface area contributed by atoms with Crippen LogP contribution in [0, 0.1) is 5.92 Å². The fourth-order valence-corrected chi connectivity index (χ4v) is 3.72. The quantitative estimate of drug-likeness (QED) is 0.859. The number of likely N-dealkylation sites (tertiary alicyclic amines) is 1. The predicted octanol–water partition coefficient (Wildman–Crippen LogP) is 3.64. The lowest BCUT2D eigenvalue weighted by Crippen LogP contribution is -2.39. The third-order valence-corrected chi connectivity index (χ3v) is 5.36. The SMILES string of the molecule is CC(C)N1CCC(CCN[C@@H]2C[C@H]2c2ccccc2)CC1. The predicted molar refractivity (Wildman–Crippen MR) is 89.6 cm³/mol. The number of nitrogens with one attached hydrogen (secondary N) is 1. The van der Waals surface area contributed by atoms with Gasteiger partial charge in [-0.1, -0.05) is 30.3 Å². The van der Waals surface area contributed by atoms with Crippen LogP contribution in [0.3, 0.4) is 0 Å². The zero-order valence-electron chi connectivity index (χ0n) is 13.6. The highest BCUT2D eigenvalue weighted by Crippen LogP contribution is 2.40. The molecule has 1 saturated heterocycles. The van der Waals surface area contributed by atoms with E-state index in [1.165, 1.54) is 50.9 Å². The molecule has 0 radical (unpaired) electrons. The number of nitrogens with zero attached hydrogens (tertiary/aromatic N) is 1. The van der Waals surface area contributed by atoms with Crippen LogP contribution in [-0.4, -0.2) is 36.6 Å². The van der Waals surface area contributed by atoms with E-state index in [0.29, 0.717) is 0 Å². The average molecular weight is 286 g/mol. The van der Waals surface area contributed by atoms with Crippen LogP contribution in [0.1, 0.15) is 51.0 Å². The maximum absolute atomic E-state index is 3.77. The fourth-order valence-electron chi connectivity index (χ4n) is 3.72. The molecule has 1 aliphatic heterocycles. The number of benzene rings is 1. The van der Waals surface area contributed by atoms with E-state index in [4.69, 9.17) is 0 Å². The van der Waals surface area contributed by atoms with Crippen LogP contribution in [0.4, 0.5) is 0 Å². The summed E-state index contributed by atoms with van der Waals surface area (Å²) < 4.78 is 0. The van der Waals surface area contributed by atoms with E-state index in [9.17, 15) is 0 Å². The standard InChI is InChI=1S/C19H30N2/c1-15(2)21-12-9-16(10-13-21)8-11-20-19-14-18(19)17-6-4-3-5-7-17/h3-7,15-16,18-20H,8-14H2,1-2H3/t18-,19+/m0/s1. The first-order chi connectivity index (χ1) is 10.2. The number of hydrogen-bond acceptors (Lipinski definition) is 2. The minimum atomic E-state index is 0.724. The molecule has 21 heavy (non-hydrogen) atoms. The van der Waals surface area contributed by atoms with Gasteiger partial charge in [0.05, 0.1) is 0 Å². The molecule has 1 aromatic carbocycles. The Kier molecular flexibility index (Phi) is 4.97. The molecule has 2 atom stereocenters. The summed E-state index contributed by atoms with van der Waals surface area (Å²) in [4.78, 5) is 2.62. The third-order valence-electron chi connectivity index (χ3n) is 5.36. The Bertz CT molecular complexity index is 420. The lowest BCUT2D eigenvalue weighted by molar-refractivity contribution is 0.145. The van der Waals surface area contributed by atoms with Crippen molar-refractivity contribution in [1.82, 2.24) is 10.2 Å². The van der Waals surface area contributed by atoms with Crippen molar-refractivity contribution in [3.05, 3.63) is 35.9 Å². The van der Waals surface area contributed by atoms with Crippen molar-refractivity contribution in [1.29, 1.82) is 0 Å². The molecule has 1 heterocycles. The molecular weight excluding hydrogens is 256 g/mol. The molecule has 0 aromatic heterocycles. The Morgan fingerprint density at radius 3 is 2.52 bits per heavy atom. The van der Waals surface area contributed by atoms with E-state index in [1.54, 1.807) is 0 Å². The zero-order chi connectivity index (χ0) is 14.7.